The van der Waals surface area contributed by atoms with Crippen molar-refractivity contribution in [1.82, 2.24) is 5.32 Å². The number of methoxy groups -OCH3 is 1. The summed E-state index contributed by atoms with van der Waals surface area (Å²) in [7, 11) is 1.62. The van der Waals surface area contributed by atoms with Crippen molar-refractivity contribution in [2.45, 2.75) is 12.6 Å². The highest BCUT2D eigenvalue weighted by molar-refractivity contribution is 5.31. The van der Waals surface area contributed by atoms with Crippen molar-refractivity contribution in [2.24, 2.45) is 0 Å². The minimum Gasteiger partial charge on any atom is -0.497 e. The summed E-state index contributed by atoms with van der Waals surface area (Å²) < 4.78 is 10.3. The van der Waals surface area contributed by atoms with Gasteiger partial charge < -0.3 is 9.15 Å². The standard InChI is InChI=1S/C14H14N2O2/c1-17-12-6-4-11(5-7-12)14(9-15)16-10-13-3-2-8-18-13/h2-8,14,16H,10H2,1H3. The molecule has 4 heteroatoms. The molecule has 1 aromatic heterocycles. The third kappa shape index (κ3) is 2.90. The van der Waals surface area contributed by atoms with Gasteiger partial charge in [-0.1, -0.05) is 12.1 Å². The summed E-state index contributed by atoms with van der Waals surface area (Å²) in [6, 6.07) is 13.0. The van der Waals surface area contributed by atoms with E-state index in [0.29, 0.717) is 6.54 Å². The van der Waals surface area contributed by atoms with Crippen LogP contribution in [0, 0.1) is 11.3 Å². The van der Waals surface area contributed by atoms with Crippen molar-refractivity contribution in [2.75, 3.05) is 7.11 Å². The molecule has 1 unspecified atom stereocenters. The first-order valence-corrected chi connectivity index (χ1v) is 5.63. The molecule has 2 rings (SSSR count). The Morgan fingerprint density at radius 3 is 2.67 bits per heavy atom. The summed E-state index contributed by atoms with van der Waals surface area (Å²) in [6.45, 7) is 0.525. The van der Waals surface area contributed by atoms with Crippen LogP contribution in [-0.4, -0.2) is 7.11 Å². The van der Waals surface area contributed by atoms with Crippen molar-refractivity contribution in [1.29, 1.82) is 5.26 Å². The van der Waals surface area contributed by atoms with Crippen LogP contribution in [0.1, 0.15) is 17.4 Å². The summed E-state index contributed by atoms with van der Waals surface area (Å²) in [5.74, 6) is 1.59. The van der Waals surface area contributed by atoms with E-state index in [1.54, 1.807) is 13.4 Å². The quantitative estimate of drug-likeness (QED) is 0.875. The van der Waals surface area contributed by atoms with Crippen LogP contribution in [0.4, 0.5) is 0 Å². The molecule has 0 fully saturated rings. The van der Waals surface area contributed by atoms with Crippen molar-refractivity contribution < 1.29 is 9.15 Å². The first-order chi connectivity index (χ1) is 8.83. The number of furan rings is 1. The lowest BCUT2D eigenvalue weighted by molar-refractivity contribution is 0.414. The topological polar surface area (TPSA) is 58.2 Å². The normalized spacial score (nSPS) is 11.8. The Labute approximate surface area is 106 Å². The first kappa shape index (κ1) is 12.2. The molecule has 0 bridgehead atoms. The van der Waals surface area contributed by atoms with Gasteiger partial charge >= 0.3 is 0 Å². The van der Waals surface area contributed by atoms with Gasteiger partial charge in [0.25, 0.3) is 0 Å². The average Bonchev–Trinajstić information content (AvgIpc) is 2.93. The Morgan fingerprint density at radius 2 is 2.11 bits per heavy atom. The minimum absolute atomic E-state index is 0.360. The Bertz CT molecular complexity index is 512. The summed E-state index contributed by atoms with van der Waals surface area (Å²) in [4.78, 5) is 0. The third-order valence-corrected chi connectivity index (χ3v) is 2.64. The molecule has 0 aliphatic carbocycles. The second kappa shape index (κ2) is 5.89. The molecule has 0 amide bonds. The van der Waals surface area contributed by atoms with Crippen LogP contribution in [0.15, 0.2) is 47.1 Å². The Morgan fingerprint density at radius 1 is 1.33 bits per heavy atom. The lowest BCUT2D eigenvalue weighted by atomic mass is 10.1. The van der Waals surface area contributed by atoms with Gasteiger partial charge in [0.1, 0.15) is 17.6 Å². The van der Waals surface area contributed by atoms with Crippen LogP contribution in [-0.2, 0) is 6.54 Å². The molecule has 0 saturated heterocycles. The smallest absolute Gasteiger partial charge is 0.121 e. The molecule has 92 valence electrons. The molecule has 18 heavy (non-hydrogen) atoms. The molecule has 0 saturated carbocycles. The first-order valence-electron chi connectivity index (χ1n) is 5.63. The Balaban J connectivity index is 2.01. The van der Waals surface area contributed by atoms with Crippen molar-refractivity contribution in [3.63, 3.8) is 0 Å². The number of hydrogen-bond acceptors (Lipinski definition) is 4. The molecule has 1 N–H and O–H groups in total. The van der Waals surface area contributed by atoms with Crippen LogP contribution in [0.2, 0.25) is 0 Å². The van der Waals surface area contributed by atoms with Gasteiger partial charge in [0.2, 0.25) is 0 Å². The predicted molar refractivity (Wildman–Crippen MR) is 66.9 cm³/mol. The molecule has 1 aromatic carbocycles. The third-order valence-electron chi connectivity index (χ3n) is 2.64. The van der Waals surface area contributed by atoms with Crippen molar-refractivity contribution in [3.8, 4) is 11.8 Å². The zero-order chi connectivity index (χ0) is 12.8. The molecule has 0 radical (unpaired) electrons. The fourth-order valence-electron chi connectivity index (χ4n) is 1.65. The average molecular weight is 242 g/mol. The number of nitriles is 1. The summed E-state index contributed by atoms with van der Waals surface area (Å²) in [5, 5.41) is 12.3. The Kier molecular flexibility index (Phi) is 4.00. The summed E-state index contributed by atoms with van der Waals surface area (Å²) in [6.07, 6.45) is 1.62. The highest BCUT2D eigenvalue weighted by atomic mass is 16.5. The van der Waals surface area contributed by atoms with Crippen molar-refractivity contribution in [3.05, 3.63) is 54.0 Å². The van der Waals surface area contributed by atoms with E-state index >= 15 is 0 Å². The van der Waals surface area contributed by atoms with Gasteiger partial charge in [0, 0.05) is 0 Å². The lowest BCUT2D eigenvalue weighted by Gasteiger charge is -2.11. The van der Waals surface area contributed by atoms with Gasteiger partial charge in [-0.3, -0.25) is 5.32 Å². The van der Waals surface area contributed by atoms with E-state index in [1.165, 1.54) is 0 Å². The second-order valence-electron chi connectivity index (χ2n) is 3.80. The molecular weight excluding hydrogens is 228 g/mol. The monoisotopic (exact) mass is 242 g/mol. The predicted octanol–water partition coefficient (Wildman–Crippen LogP) is 2.64. The minimum atomic E-state index is -0.360. The zero-order valence-electron chi connectivity index (χ0n) is 10.1. The number of nitrogens with zero attached hydrogens (tertiary/aromatic N) is 1. The SMILES string of the molecule is COc1ccc(C(C#N)NCc2ccco2)cc1. The van der Waals surface area contributed by atoms with E-state index in [1.807, 2.05) is 36.4 Å². The molecule has 0 aliphatic rings. The van der Waals surface area contributed by atoms with E-state index in [0.717, 1.165) is 17.1 Å². The number of ether oxygens (including phenoxy) is 1. The highest BCUT2D eigenvalue weighted by Gasteiger charge is 2.10. The van der Waals surface area contributed by atoms with Crippen LogP contribution in [0.25, 0.3) is 0 Å². The van der Waals surface area contributed by atoms with Gasteiger partial charge in [0.15, 0.2) is 0 Å². The Hall–Kier alpha value is -2.25. The van der Waals surface area contributed by atoms with Gasteiger partial charge in [-0.05, 0) is 29.8 Å². The number of nitrogens with one attached hydrogen (secondary N) is 1. The fourth-order valence-corrected chi connectivity index (χ4v) is 1.65. The number of hydrogen-bond donors (Lipinski definition) is 1. The van der Waals surface area contributed by atoms with Crippen LogP contribution in [0.3, 0.4) is 0 Å². The molecule has 0 spiro atoms. The van der Waals surface area contributed by atoms with E-state index in [9.17, 15) is 0 Å². The molecule has 4 nitrogen and oxygen atoms in total. The van der Waals surface area contributed by atoms with Gasteiger partial charge in [0.05, 0.1) is 26.0 Å². The van der Waals surface area contributed by atoms with Crippen LogP contribution in [0.5, 0.6) is 5.75 Å². The number of benzene rings is 1. The lowest BCUT2D eigenvalue weighted by Crippen LogP contribution is -2.19. The van der Waals surface area contributed by atoms with Gasteiger partial charge in [-0.25, -0.2) is 0 Å². The summed E-state index contributed by atoms with van der Waals surface area (Å²) >= 11 is 0. The van der Waals surface area contributed by atoms with E-state index < -0.39 is 0 Å². The second-order valence-corrected chi connectivity index (χ2v) is 3.80. The van der Waals surface area contributed by atoms with Crippen LogP contribution >= 0.6 is 0 Å². The molecule has 0 aliphatic heterocycles. The van der Waals surface area contributed by atoms with E-state index in [-0.39, 0.29) is 6.04 Å². The van der Waals surface area contributed by atoms with Gasteiger partial charge in [-0.2, -0.15) is 5.26 Å². The maximum absolute atomic E-state index is 9.16. The maximum Gasteiger partial charge on any atom is 0.121 e. The molecule has 1 heterocycles. The highest BCUT2D eigenvalue weighted by Crippen LogP contribution is 2.17. The van der Waals surface area contributed by atoms with Crippen molar-refractivity contribution >= 4 is 0 Å². The summed E-state index contributed by atoms with van der Waals surface area (Å²) in [5.41, 5.74) is 0.907. The zero-order valence-corrected chi connectivity index (χ0v) is 10.1. The van der Waals surface area contributed by atoms with Crippen LogP contribution < -0.4 is 10.1 Å². The van der Waals surface area contributed by atoms with Gasteiger partial charge in [-0.15, -0.1) is 0 Å². The molecule has 1 atom stereocenters. The number of rotatable bonds is 5. The molecular formula is C14H14N2O2. The maximum atomic E-state index is 9.16. The molecule has 2 aromatic rings. The fraction of sp³-hybridized carbons (Fsp3) is 0.214. The largest absolute Gasteiger partial charge is 0.497 e. The van der Waals surface area contributed by atoms with E-state index in [2.05, 4.69) is 11.4 Å². The van der Waals surface area contributed by atoms with E-state index in [4.69, 9.17) is 14.4 Å².